The Hall–Kier alpha value is -1.87. The molecule has 1 aromatic heterocycles. The number of rotatable bonds is 3. The first-order valence-electron chi connectivity index (χ1n) is 5.62. The molecule has 0 fully saturated rings. The van der Waals surface area contributed by atoms with Gasteiger partial charge in [-0.2, -0.15) is 0 Å². The lowest BCUT2D eigenvalue weighted by atomic mass is 10.1. The molecular formula is C14H16N2O. The van der Waals surface area contributed by atoms with Gasteiger partial charge in [-0.05, 0) is 32.0 Å². The standard InChI is InChI=1S/C14H16N2O/c1-10(15)12-6-3-4-7-14(12)17-13-8-5-9-16-11(13)2/h3-10H,15H2,1-2H3/t10-/m1/s1. The molecule has 0 aliphatic carbocycles. The minimum absolute atomic E-state index is 0.0526. The van der Waals surface area contributed by atoms with E-state index in [1.54, 1.807) is 6.20 Å². The van der Waals surface area contributed by atoms with Crippen LogP contribution in [0.5, 0.6) is 11.5 Å². The molecule has 2 N–H and O–H groups in total. The Labute approximate surface area is 101 Å². The van der Waals surface area contributed by atoms with Crippen molar-refractivity contribution >= 4 is 0 Å². The van der Waals surface area contributed by atoms with E-state index < -0.39 is 0 Å². The quantitative estimate of drug-likeness (QED) is 0.877. The van der Waals surface area contributed by atoms with E-state index in [0.717, 1.165) is 22.8 Å². The summed E-state index contributed by atoms with van der Waals surface area (Å²) in [6, 6.07) is 11.5. The fraction of sp³-hybridized carbons (Fsp3) is 0.214. The molecule has 0 saturated carbocycles. The van der Waals surface area contributed by atoms with Crippen molar-refractivity contribution in [1.29, 1.82) is 0 Å². The normalized spacial score (nSPS) is 12.2. The predicted octanol–water partition coefficient (Wildman–Crippen LogP) is 3.20. The summed E-state index contributed by atoms with van der Waals surface area (Å²) in [6.07, 6.45) is 1.75. The molecule has 2 aromatic rings. The molecule has 0 radical (unpaired) electrons. The smallest absolute Gasteiger partial charge is 0.148 e. The van der Waals surface area contributed by atoms with Gasteiger partial charge in [-0.25, -0.2) is 0 Å². The lowest BCUT2D eigenvalue weighted by molar-refractivity contribution is 0.465. The molecule has 0 aliphatic rings. The van der Waals surface area contributed by atoms with Crippen molar-refractivity contribution in [2.75, 3.05) is 0 Å². The Morgan fingerprint density at radius 3 is 2.53 bits per heavy atom. The number of hydrogen-bond acceptors (Lipinski definition) is 3. The van der Waals surface area contributed by atoms with Gasteiger partial charge in [-0.1, -0.05) is 18.2 Å². The number of aromatic nitrogens is 1. The number of aryl methyl sites for hydroxylation is 1. The summed E-state index contributed by atoms with van der Waals surface area (Å²) in [5, 5.41) is 0. The first-order valence-corrected chi connectivity index (χ1v) is 5.62. The maximum absolute atomic E-state index is 5.91. The van der Waals surface area contributed by atoms with Crippen molar-refractivity contribution in [3.63, 3.8) is 0 Å². The number of nitrogens with zero attached hydrogens (tertiary/aromatic N) is 1. The highest BCUT2D eigenvalue weighted by molar-refractivity contribution is 5.40. The first kappa shape index (κ1) is 11.6. The Balaban J connectivity index is 2.34. The van der Waals surface area contributed by atoms with Crippen LogP contribution in [0.4, 0.5) is 0 Å². The Morgan fingerprint density at radius 1 is 1.12 bits per heavy atom. The number of ether oxygens (including phenoxy) is 1. The summed E-state index contributed by atoms with van der Waals surface area (Å²) in [5.74, 6) is 1.55. The van der Waals surface area contributed by atoms with Crippen molar-refractivity contribution in [3.8, 4) is 11.5 Å². The predicted molar refractivity (Wildman–Crippen MR) is 68.1 cm³/mol. The van der Waals surface area contributed by atoms with Crippen LogP contribution >= 0.6 is 0 Å². The Bertz CT molecular complexity index is 509. The van der Waals surface area contributed by atoms with Gasteiger partial charge in [0, 0.05) is 17.8 Å². The van der Waals surface area contributed by atoms with Crippen LogP contribution in [0.3, 0.4) is 0 Å². The molecule has 1 aromatic carbocycles. The third-order valence-electron chi connectivity index (χ3n) is 2.59. The molecule has 3 nitrogen and oxygen atoms in total. The van der Waals surface area contributed by atoms with Gasteiger partial charge in [0.15, 0.2) is 0 Å². The molecule has 0 spiro atoms. The van der Waals surface area contributed by atoms with Crippen LogP contribution in [0.1, 0.15) is 24.2 Å². The molecule has 3 heteroatoms. The number of para-hydroxylation sites is 1. The van der Waals surface area contributed by atoms with E-state index in [4.69, 9.17) is 10.5 Å². The van der Waals surface area contributed by atoms with Gasteiger partial charge < -0.3 is 10.5 Å². The molecule has 88 valence electrons. The number of benzene rings is 1. The van der Waals surface area contributed by atoms with Crippen molar-refractivity contribution < 1.29 is 4.74 Å². The lowest BCUT2D eigenvalue weighted by Gasteiger charge is -2.14. The first-order chi connectivity index (χ1) is 8.18. The average Bonchev–Trinajstić information content (AvgIpc) is 2.32. The third kappa shape index (κ3) is 2.63. The van der Waals surface area contributed by atoms with Gasteiger partial charge in [0.05, 0.1) is 5.69 Å². The molecule has 1 heterocycles. The zero-order chi connectivity index (χ0) is 12.3. The van der Waals surface area contributed by atoms with Gasteiger partial charge in [0.2, 0.25) is 0 Å². The van der Waals surface area contributed by atoms with E-state index in [0.29, 0.717) is 0 Å². The van der Waals surface area contributed by atoms with E-state index in [1.165, 1.54) is 0 Å². The summed E-state index contributed by atoms with van der Waals surface area (Å²) in [6.45, 7) is 3.86. The largest absolute Gasteiger partial charge is 0.455 e. The van der Waals surface area contributed by atoms with Gasteiger partial charge in [0.1, 0.15) is 11.5 Å². The van der Waals surface area contributed by atoms with E-state index in [9.17, 15) is 0 Å². The summed E-state index contributed by atoms with van der Waals surface area (Å²) in [4.78, 5) is 4.19. The Morgan fingerprint density at radius 2 is 1.82 bits per heavy atom. The van der Waals surface area contributed by atoms with Gasteiger partial charge in [-0.15, -0.1) is 0 Å². The molecule has 0 bridgehead atoms. The van der Waals surface area contributed by atoms with Crippen LogP contribution in [0.2, 0.25) is 0 Å². The highest BCUT2D eigenvalue weighted by atomic mass is 16.5. The summed E-state index contributed by atoms with van der Waals surface area (Å²) in [7, 11) is 0. The third-order valence-corrected chi connectivity index (χ3v) is 2.59. The van der Waals surface area contributed by atoms with Crippen molar-refractivity contribution in [2.45, 2.75) is 19.9 Å². The fourth-order valence-electron chi connectivity index (χ4n) is 1.65. The summed E-state index contributed by atoms with van der Waals surface area (Å²) >= 11 is 0. The molecule has 0 saturated heterocycles. The second kappa shape index (κ2) is 4.97. The summed E-state index contributed by atoms with van der Waals surface area (Å²) in [5.41, 5.74) is 7.77. The topological polar surface area (TPSA) is 48.1 Å². The second-order valence-electron chi connectivity index (χ2n) is 4.02. The van der Waals surface area contributed by atoms with E-state index in [2.05, 4.69) is 4.98 Å². The van der Waals surface area contributed by atoms with Gasteiger partial charge >= 0.3 is 0 Å². The zero-order valence-corrected chi connectivity index (χ0v) is 10.1. The number of pyridine rings is 1. The van der Waals surface area contributed by atoms with Crippen LogP contribution in [0.25, 0.3) is 0 Å². The summed E-state index contributed by atoms with van der Waals surface area (Å²) < 4.78 is 5.86. The molecule has 0 aliphatic heterocycles. The van der Waals surface area contributed by atoms with E-state index >= 15 is 0 Å². The zero-order valence-electron chi connectivity index (χ0n) is 10.1. The minimum Gasteiger partial charge on any atom is -0.455 e. The van der Waals surface area contributed by atoms with Crippen LogP contribution in [0, 0.1) is 6.92 Å². The highest BCUT2D eigenvalue weighted by Crippen LogP contribution is 2.29. The molecule has 1 atom stereocenters. The van der Waals surface area contributed by atoms with Gasteiger partial charge in [0.25, 0.3) is 0 Å². The molecule has 0 amide bonds. The number of nitrogens with two attached hydrogens (primary N) is 1. The molecule has 0 unspecified atom stereocenters. The van der Waals surface area contributed by atoms with Crippen molar-refractivity contribution in [2.24, 2.45) is 5.73 Å². The lowest BCUT2D eigenvalue weighted by Crippen LogP contribution is -2.06. The number of hydrogen-bond donors (Lipinski definition) is 1. The molecule has 17 heavy (non-hydrogen) atoms. The second-order valence-corrected chi connectivity index (χ2v) is 4.02. The molecule has 2 rings (SSSR count). The average molecular weight is 228 g/mol. The fourth-order valence-corrected chi connectivity index (χ4v) is 1.65. The van der Waals surface area contributed by atoms with Crippen LogP contribution in [-0.2, 0) is 0 Å². The molecular weight excluding hydrogens is 212 g/mol. The monoisotopic (exact) mass is 228 g/mol. The SMILES string of the molecule is Cc1ncccc1Oc1ccccc1[C@@H](C)N. The van der Waals surface area contributed by atoms with Crippen LogP contribution < -0.4 is 10.5 Å². The maximum Gasteiger partial charge on any atom is 0.148 e. The van der Waals surface area contributed by atoms with Crippen molar-refractivity contribution in [3.05, 3.63) is 53.9 Å². The minimum atomic E-state index is -0.0526. The highest BCUT2D eigenvalue weighted by Gasteiger charge is 2.09. The van der Waals surface area contributed by atoms with E-state index in [-0.39, 0.29) is 6.04 Å². The Kier molecular flexibility index (Phi) is 3.40. The maximum atomic E-state index is 5.91. The van der Waals surface area contributed by atoms with Crippen LogP contribution in [0.15, 0.2) is 42.6 Å². The van der Waals surface area contributed by atoms with Crippen molar-refractivity contribution in [1.82, 2.24) is 4.98 Å². The van der Waals surface area contributed by atoms with E-state index in [1.807, 2.05) is 50.2 Å². The van der Waals surface area contributed by atoms with Crippen LogP contribution in [-0.4, -0.2) is 4.98 Å². The van der Waals surface area contributed by atoms with Gasteiger partial charge in [-0.3, -0.25) is 4.98 Å².